The Bertz CT molecular complexity index is 1520. The first kappa shape index (κ1) is 27.1. The van der Waals surface area contributed by atoms with Crippen molar-refractivity contribution >= 4 is 27.3 Å². The fourth-order valence-electron chi connectivity index (χ4n) is 5.12. The van der Waals surface area contributed by atoms with Crippen molar-refractivity contribution in [1.29, 1.82) is 0 Å². The van der Waals surface area contributed by atoms with Gasteiger partial charge in [-0.1, -0.05) is 12.8 Å². The van der Waals surface area contributed by atoms with E-state index in [4.69, 9.17) is 10.5 Å². The maximum absolute atomic E-state index is 14.9. The number of halogens is 4. The molecule has 2 fully saturated rings. The highest BCUT2D eigenvalue weighted by atomic mass is 32.2. The Hall–Kier alpha value is -3.53. The molecular formula is C23H25F4N7O4S. The van der Waals surface area contributed by atoms with Gasteiger partial charge in [0.1, 0.15) is 23.6 Å². The van der Waals surface area contributed by atoms with Gasteiger partial charge in [-0.25, -0.2) is 27.3 Å². The van der Waals surface area contributed by atoms with E-state index in [0.717, 1.165) is 34.1 Å². The fourth-order valence-corrected chi connectivity index (χ4v) is 7.19. The van der Waals surface area contributed by atoms with Crippen LogP contribution >= 0.6 is 0 Å². The Balaban J connectivity index is 1.45. The van der Waals surface area contributed by atoms with Crippen molar-refractivity contribution in [3.8, 4) is 17.1 Å². The number of hydrogen-bond donors (Lipinski definition) is 2. The van der Waals surface area contributed by atoms with Crippen molar-refractivity contribution in [1.82, 2.24) is 29.2 Å². The number of carbonyl (C=O) groups excluding carboxylic acids is 1. The van der Waals surface area contributed by atoms with E-state index >= 15 is 0 Å². The first-order valence-electron chi connectivity index (χ1n) is 12.1. The van der Waals surface area contributed by atoms with Gasteiger partial charge in [-0.05, 0) is 25.0 Å². The third kappa shape index (κ3) is 4.86. The van der Waals surface area contributed by atoms with E-state index < -0.39 is 56.5 Å². The second kappa shape index (κ2) is 9.89. The molecule has 0 radical (unpaired) electrons. The van der Waals surface area contributed by atoms with Gasteiger partial charge in [-0.15, -0.1) is 0 Å². The largest absolute Gasteiger partial charge is 0.480 e. The lowest BCUT2D eigenvalue weighted by Crippen LogP contribution is -2.42. The maximum atomic E-state index is 14.9. The molecule has 16 heteroatoms. The lowest BCUT2D eigenvalue weighted by Gasteiger charge is -2.21. The number of anilines is 1. The number of fused-ring (bicyclic) bond motifs is 1. The first-order chi connectivity index (χ1) is 18.4. The molecule has 1 saturated heterocycles. The summed E-state index contributed by atoms with van der Waals surface area (Å²) in [6.45, 7) is -0.619. The minimum atomic E-state index is -4.77. The van der Waals surface area contributed by atoms with E-state index in [1.165, 1.54) is 19.4 Å². The minimum absolute atomic E-state index is 0.0678. The van der Waals surface area contributed by atoms with E-state index in [1.807, 2.05) is 0 Å². The molecular weight excluding hydrogens is 546 g/mol. The molecule has 5 rings (SSSR count). The lowest BCUT2D eigenvalue weighted by atomic mass is 10.1. The van der Waals surface area contributed by atoms with Crippen molar-refractivity contribution in [3.63, 3.8) is 0 Å². The van der Waals surface area contributed by atoms with Crippen LogP contribution in [-0.2, 0) is 16.2 Å². The number of hydrogen-bond acceptors (Lipinski definition) is 8. The van der Waals surface area contributed by atoms with Gasteiger partial charge >= 0.3 is 6.18 Å². The van der Waals surface area contributed by atoms with Gasteiger partial charge in [-0.3, -0.25) is 4.79 Å². The highest BCUT2D eigenvalue weighted by molar-refractivity contribution is 7.89. The number of ether oxygens (including phenoxy) is 1. The summed E-state index contributed by atoms with van der Waals surface area (Å²) >= 11 is 0. The lowest BCUT2D eigenvalue weighted by molar-refractivity contribution is -0.136. The number of nitrogens with one attached hydrogen (secondary N) is 1. The third-order valence-electron chi connectivity index (χ3n) is 7.09. The Labute approximate surface area is 220 Å². The average molecular weight is 572 g/mol. The van der Waals surface area contributed by atoms with Crippen LogP contribution < -0.4 is 15.8 Å². The summed E-state index contributed by atoms with van der Waals surface area (Å²) in [6.07, 6.45) is -1.63. The standard InChI is InChI=1S/C23H25F4N7O4S/c1-38-22-14(21(35)32-17-10-33(9-16(17)24)39(36,37)13-4-2-3-5-13)6-12(8-29-22)18-7-15(23(25,26)27)19-20(28)30-11-31-34(18)19/h6-8,11,13,16-17H,2-5,9-10H2,1H3,(H,32,35)(H2,28,30,31)/t16-,17+/m0/s1. The number of sulfonamides is 1. The molecule has 1 aliphatic heterocycles. The molecule has 1 aliphatic carbocycles. The molecule has 2 atom stereocenters. The molecule has 3 aromatic heterocycles. The van der Waals surface area contributed by atoms with Crippen molar-refractivity contribution < 1.29 is 35.5 Å². The van der Waals surface area contributed by atoms with Gasteiger partial charge < -0.3 is 15.8 Å². The number of nitrogens with two attached hydrogens (primary N) is 1. The predicted molar refractivity (Wildman–Crippen MR) is 131 cm³/mol. The monoisotopic (exact) mass is 571 g/mol. The van der Waals surface area contributed by atoms with Crippen LogP contribution in [0.3, 0.4) is 0 Å². The highest BCUT2D eigenvalue weighted by Gasteiger charge is 2.44. The molecule has 1 saturated carbocycles. The molecule has 210 valence electrons. The summed E-state index contributed by atoms with van der Waals surface area (Å²) in [6, 6.07) is 0.906. The normalized spacial score (nSPS) is 21.1. The minimum Gasteiger partial charge on any atom is -0.480 e. The molecule has 0 aromatic carbocycles. The number of methoxy groups -OCH3 is 1. The Morgan fingerprint density at radius 3 is 2.56 bits per heavy atom. The van der Waals surface area contributed by atoms with Gasteiger partial charge in [0.15, 0.2) is 5.82 Å². The zero-order chi connectivity index (χ0) is 28.1. The van der Waals surface area contributed by atoms with Gasteiger partial charge in [0.25, 0.3) is 5.91 Å². The van der Waals surface area contributed by atoms with Crippen molar-refractivity contribution in [3.05, 3.63) is 35.8 Å². The number of carbonyl (C=O) groups is 1. The van der Waals surface area contributed by atoms with E-state index in [2.05, 4.69) is 20.4 Å². The van der Waals surface area contributed by atoms with Gasteiger partial charge in [-0.2, -0.15) is 22.6 Å². The Morgan fingerprint density at radius 2 is 1.90 bits per heavy atom. The molecule has 39 heavy (non-hydrogen) atoms. The Kier molecular flexibility index (Phi) is 6.86. The van der Waals surface area contributed by atoms with Crippen LogP contribution in [-0.4, -0.2) is 75.9 Å². The summed E-state index contributed by atoms with van der Waals surface area (Å²) in [4.78, 5) is 20.9. The van der Waals surface area contributed by atoms with Gasteiger partial charge in [0.2, 0.25) is 15.9 Å². The van der Waals surface area contributed by atoms with Crippen molar-refractivity contribution in [2.45, 2.75) is 49.3 Å². The number of nitrogens with zero attached hydrogens (tertiary/aromatic N) is 5. The molecule has 1 amide bonds. The topological polar surface area (TPSA) is 145 Å². The maximum Gasteiger partial charge on any atom is 0.418 e. The summed E-state index contributed by atoms with van der Waals surface area (Å²) in [5.41, 5.74) is 3.97. The third-order valence-corrected chi connectivity index (χ3v) is 9.42. The number of aromatic nitrogens is 4. The second-order valence-electron chi connectivity index (χ2n) is 9.49. The van der Waals surface area contributed by atoms with E-state index in [-0.39, 0.29) is 35.8 Å². The summed E-state index contributed by atoms with van der Waals surface area (Å²) in [7, 11) is -2.47. The van der Waals surface area contributed by atoms with Crippen LogP contribution in [0.15, 0.2) is 24.7 Å². The average Bonchev–Trinajstić information content (AvgIpc) is 3.63. The van der Waals surface area contributed by atoms with Crippen LogP contribution in [0.1, 0.15) is 41.6 Å². The van der Waals surface area contributed by atoms with Crippen LogP contribution in [0.4, 0.5) is 23.4 Å². The van der Waals surface area contributed by atoms with Crippen molar-refractivity contribution in [2.24, 2.45) is 0 Å². The molecule has 0 spiro atoms. The van der Waals surface area contributed by atoms with Gasteiger partial charge in [0.05, 0.1) is 29.7 Å². The summed E-state index contributed by atoms with van der Waals surface area (Å²) in [5.74, 6) is -1.39. The molecule has 0 unspecified atom stereocenters. The molecule has 0 bridgehead atoms. The smallest absolute Gasteiger partial charge is 0.418 e. The number of pyridine rings is 1. The number of nitrogen functional groups attached to an aromatic ring is 1. The quantitative estimate of drug-likeness (QED) is 0.429. The van der Waals surface area contributed by atoms with E-state index in [0.29, 0.717) is 12.8 Å². The van der Waals surface area contributed by atoms with E-state index in [9.17, 15) is 30.8 Å². The zero-order valence-corrected chi connectivity index (χ0v) is 21.5. The van der Waals surface area contributed by atoms with E-state index in [1.54, 1.807) is 0 Å². The van der Waals surface area contributed by atoms with Crippen LogP contribution in [0, 0.1) is 0 Å². The molecule has 3 aromatic rings. The number of rotatable bonds is 6. The van der Waals surface area contributed by atoms with Crippen LogP contribution in [0.5, 0.6) is 5.88 Å². The predicted octanol–water partition coefficient (Wildman–Crippen LogP) is 2.43. The van der Waals surface area contributed by atoms with Crippen LogP contribution in [0.2, 0.25) is 0 Å². The van der Waals surface area contributed by atoms with Gasteiger partial charge in [0, 0.05) is 24.8 Å². The zero-order valence-electron chi connectivity index (χ0n) is 20.7. The van der Waals surface area contributed by atoms with Crippen LogP contribution in [0.25, 0.3) is 16.8 Å². The fraction of sp³-hybridized carbons (Fsp3) is 0.478. The molecule has 3 N–H and O–H groups in total. The number of amides is 1. The first-order valence-corrected chi connectivity index (χ1v) is 13.6. The molecule has 4 heterocycles. The highest BCUT2D eigenvalue weighted by Crippen LogP contribution is 2.39. The molecule has 11 nitrogen and oxygen atoms in total. The number of alkyl halides is 4. The second-order valence-corrected chi connectivity index (χ2v) is 11.7. The van der Waals surface area contributed by atoms with Crippen molar-refractivity contribution in [2.75, 3.05) is 25.9 Å². The Morgan fingerprint density at radius 1 is 1.18 bits per heavy atom. The SMILES string of the molecule is COc1ncc(-c2cc(C(F)(F)F)c3c(N)ncnn23)cc1C(=O)N[C@@H]1CN(S(=O)(=O)C2CCCC2)C[C@@H]1F. The summed E-state index contributed by atoms with van der Waals surface area (Å²) < 4.78 is 89.0. The summed E-state index contributed by atoms with van der Waals surface area (Å²) in [5, 5.41) is 5.82. The molecule has 2 aliphatic rings.